The zero-order valence-electron chi connectivity index (χ0n) is 8.37. The third-order valence-corrected chi connectivity index (χ3v) is 1.69. The zero-order valence-corrected chi connectivity index (χ0v) is 8.37. The molecule has 0 aromatic carbocycles. The Balaban J connectivity index is 3.96. The van der Waals surface area contributed by atoms with E-state index >= 15 is 0 Å². The minimum absolute atomic E-state index is 0.222. The maximum Gasteiger partial charge on any atom is 0.307 e. The average Bonchev–Trinajstić information content (AvgIpc) is 1.83. The number of nitrogens with zero attached hydrogens (tertiary/aromatic N) is 1. The molecule has 0 aromatic heterocycles. The Morgan fingerprint density at radius 2 is 1.92 bits per heavy atom. The highest BCUT2D eigenvalue weighted by molar-refractivity contribution is 5.70. The van der Waals surface area contributed by atoms with E-state index in [9.17, 15) is 4.79 Å². The van der Waals surface area contributed by atoms with Gasteiger partial charge in [-0.1, -0.05) is 13.8 Å². The Bertz CT molecular complexity index is 133. The number of carboxylic acids is 1. The van der Waals surface area contributed by atoms with E-state index in [1.165, 1.54) is 0 Å². The van der Waals surface area contributed by atoms with E-state index in [1.807, 2.05) is 32.8 Å². The van der Waals surface area contributed by atoms with E-state index in [0.717, 1.165) is 6.42 Å². The first-order valence-electron chi connectivity index (χ1n) is 4.31. The summed E-state index contributed by atoms with van der Waals surface area (Å²) in [7, 11) is 3.80. The number of carbonyl (C=O) groups is 1. The van der Waals surface area contributed by atoms with Crippen molar-refractivity contribution in [3.63, 3.8) is 0 Å². The van der Waals surface area contributed by atoms with Crippen molar-refractivity contribution in [3.05, 3.63) is 0 Å². The Morgan fingerprint density at radius 3 is 2.17 bits per heavy atom. The van der Waals surface area contributed by atoms with Gasteiger partial charge in [-0.05, 0) is 26.4 Å². The quantitative estimate of drug-likeness (QED) is 0.681. The fourth-order valence-electron chi connectivity index (χ4n) is 1.26. The van der Waals surface area contributed by atoms with Crippen LogP contribution in [0.2, 0.25) is 0 Å². The van der Waals surface area contributed by atoms with Gasteiger partial charge in [0.15, 0.2) is 0 Å². The van der Waals surface area contributed by atoms with Crippen molar-refractivity contribution in [1.29, 1.82) is 0 Å². The van der Waals surface area contributed by atoms with E-state index in [0.29, 0.717) is 12.5 Å². The summed E-state index contributed by atoms with van der Waals surface area (Å²) in [4.78, 5) is 12.7. The van der Waals surface area contributed by atoms with Gasteiger partial charge >= 0.3 is 5.97 Å². The molecule has 12 heavy (non-hydrogen) atoms. The predicted molar refractivity (Wildman–Crippen MR) is 49.1 cm³/mol. The maximum atomic E-state index is 10.7. The van der Waals surface area contributed by atoms with Crippen LogP contribution in [0.4, 0.5) is 0 Å². The standard InChI is InChI=1S/C9H19NO2/c1-7(2)5-8(9(11)12)6-10(3)4/h7-8H,5-6H2,1-4H3,(H,11,12). The van der Waals surface area contributed by atoms with Crippen LogP contribution in [0.25, 0.3) is 0 Å². The number of rotatable bonds is 5. The number of aliphatic carboxylic acids is 1. The van der Waals surface area contributed by atoms with E-state index < -0.39 is 5.97 Å². The molecule has 0 aliphatic carbocycles. The third-order valence-electron chi connectivity index (χ3n) is 1.69. The van der Waals surface area contributed by atoms with Gasteiger partial charge in [0.2, 0.25) is 0 Å². The van der Waals surface area contributed by atoms with E-state index in [2.05, 4.69) is 0 Å². The van der Waals surface area contributed by atoms with Crippen LogP contribution in [0, 0.1) is 11.8 Å². The van der Waals surface area contributed by atoms with Crippen LogP contribution in [0.3, 0.4) is 0 Å². The Morgan fingerprint density at radius 1 is 1.42 bits per heavy atom. The first-order chi connectivity index (χ1) is 5.43. The maximum absolute atomic E-state index is 10.7. The highest BCUT2D eigenvalue weighted by atomic mass is 16.4. The molecule has 0 radical (unpaired) electrons. The first kappa shape index (κ1) is 11.4. The van der Waals surface area contributed by atoms with Gasteiger partial charge in [0.05, 0.1) is 5.92 Å². The second kappa shape index (κ2) is 5.14. The van der Waals surface area contributed by atoms with Crippen molar-refractivity contribution in [3.8, 4) is 0 Å². The van der Waals surface area contributed by atoms with E-state index in [4.69, 9.17) is 5.11 Å². The van der Waals surface area contributed by atoms with Gasteiger partial charge in [-0.3, -0.25) is 4.79 Å². The smallest absolute Gasteiger partial charge is 0.307 e. The van der Waals surface area contributed by atoms with Crippen molar-refractivity contribution in [1.82, 2.24) is 4.90 Å². The molecule has 1 N–H and O–H groups in total. The molecular formula is C9H19NO2. The van der Waals surface area contributed by atoms with Crippen molar-refractivity contribution in [2.45, 2.75) is 20.3 Å². The summed E-state index contributed by atoms with van der Waals surface area (Å²) < 4.78 is 0. The highest BCUT2D eigenvalue weighted by Gasteiger charge is 2.18. The van der Waals surface area contributed by atoms with E-state index in [1.54, 1.807) is 0 Å². The highest BCUT2D eigenvalue weighted by Crippen LogP contribution is 2.12. The largest absolute Gasteiger partial charge is 0.481 e. The lowest BCUT2D eigenvalue weighted by Crippen LogP contribution is -2.28. The van der Waals surface area contributed by atoms with Crippen molar-refractivity contribution in [2.75, 3.05) is 20.6 Å². The molecule has 3 nitrogen and oxygen atoms in total. The molecule has 0 saturated carbocycles. The van der Waals surface area contributed by atoms with Crippen molar-refractivity contribution in [2.24, 2.45) is 11.8 Å². The molecule has 0 heterocycles. The molecule has 0 spiro atoms. The van der Waals surface area contributed by atoms with Gasteiger partial charge in [0, 0.05) is 6.54 Å². The third kappa shape index (κ3) is 5.13. The van der Waals surface area contributed by atoms with E-state index in [-0.39, 0.29) is 5.92 Å². The Kier molecular flexibility index (Phi) is 4.90. The predicted octanol–water partition coefficient (Wildman–Crippen LogP) is 1.29. The summed E-state index contributed by atoms with van der Waals surface area (Å²) in [5.41, 5.74) is 0. The summed E-state index contributed by atoms with van der Waals surface area (Å²) in [5, 5.41) is 8.84. The van der Waals surface area contributed by atoms with Gasteiger partial charge < -0.3 is 10.0 Å². The lowest BCUT2D eigenvalue weighted by molar-refractivity contribution is -0.142. The molecular weight excluding hydrogens is 154 g/mol. The van der Waals surface area contributed by atoms with Crippen molar-refractivity contribution < 1.29 is 9.90 Å². The summed E-state index contributed by atoms with van der Waals surface area (Å²) in [6, 6.07) is 0. The minimum atomic E-state index is -0.683. The average molecular weight is 173 g/mol. The molecule has 0 amide bonds. The van der Waals surface area contributed by atoms with Gasteiger partial charge in [-0.15, -0.1) is 0 Å². The van der Waals surface area contributed by atoms with Crippen LogP contribution < -0.4 is 0 Å². The summed E-state index contributed by atoms with van der Waals surface area (Å²) >= 11 is 0. The molecule has 0 aliphatic heterocycles. The monoisotopic (exact) mass is 173 g/mol. The molecule has 0 fully saturated rings. The lowest BCUT2D eigenvalue weighted by Gasteiger charge is -2.18. The first-order valence-corrected chi connectivity index (χ1v) is 4.31. The minimum Gasteiger partial charge on any atom is -0.481 e. The number of carboxylic acid groups (broad SMARTS) is 1. The van der Waals surface area contributed by atoms with Crippen molar-refractivity contribution >= 4 is 5.97 Å². The fraction of sp³-hybridized carbons (Fsp3) is 0.889. The van der Waals surface area contributed by atoms with Gasteiger partial charge in [-0.25, -0.2) is 0 Å². The van der Waals surface area contributed by atoms with Crippen LogP contribution in [0.15, 0.2) is 0 Å². The molecule has 1 unspecified atom stereocenters. The molecule has 0 saturated heterocycles. The molecule has 0 aromatic rings. The van der Waals surface area contributed by atoms with Gasteiger partial charge in [-0.2, -0.15) is 0 Å². The Labute approximate surface area is 74.4 Å². The van der Waals surface area contributed by atoms with Crippen LogP contribution in [-0.4, -0.2) is 36.6 Å². The Hall–Kier alpha value is -0.570. The zero-order chi connectivity index (χ0) is 9.72. The molecule has 1 atom stereocenters. The molecule has 0 aliphatic rings. The normalized spacial score (nSPS) is 13.8. The second-order valence-corrected chi connectivity index (χ2v) is 3.93. The van der Waals surface area contributed by atoms with Crippen LogP contribution >= 0.6 is 0 Å². The summed E-state index contributed by atoms with van der Waals surface area (Å²) in [5.74, 6) is -0.455. The van der Waals surface area contributed by atoms with Gasteiger partial charge in [0.1, 0.15) is 0 Å². The number of hydrogen-bond acceptors (Lipinski definition) is 2. The van der Waals surface area contributed by atoms with Gasteiger partial charge in [0.25, 0.3) is 0 Å². The SMILES string of the molecule is CC(C)CC(CN(C)C)C(=O)O. The molecule has 3 heteroatoms. The second-order valence-electron chi connectivity index (χ2n) is 3.93. The molecule has 0 bridgehead atoms. The van der Waals surface area contributed by atoms with Crippen LogP contribution in [0.1, 0.15) is 20.3 Å². The molecule has 0 rings (SSSR count). The summed E-state index contributed by atoms with van der Waals surface area (Å²) in [6.07, 6.45) is 0.757. The molecule has 72 valence electrons. The topological polar surface area (TPSA) is 40.5 Å². The number of hydrogen-bond donors (Lipinski definition) is 1. The lowest BCUT2D eigenvalue weighted by atomic mass is 9.97. The van der Waals surface area contributed by atoms with Crippen LogP contribution in [0.5, 0.6) is 0 Å². The summed E-state index contributed by atoms with van der Waals surface area (Å²) in [6.45, 7) is 4.73. The van der Waals surface area contributed by atoms with Crippen LogP contribution in [-0.2, 0) is 4.79 Å². The fourth-order valence-corrected chi connectivity index (χ4v) is 1.26.